The molecule has 10 aliphatic rings. The van der Waals surface area contributed by atoms with Crippen LogP contribution < -0.4 is 154 Å². The molecule has 0 aromatic heterocycles. The van der Waals surface area contributed by atoms with Crippen molar-refractivity contribution in [3.63, 3.8) is 0 Å². The first kappa shape index (κ1) is 101. The molecule has 0 aliphatic carbocycles. The zero-order valence-electron chi connectivity index (χ0n) is 75.2. The Balaban J connectivity index is 1.55. The summed E-state index contributed by atoms with van der Waals surface area (Å²) >= 11 is 0. The summed E-state index contributed by atoms with van der Waals surface area (Å²) in [5.74, 6) is -3.62. The Hall–Kier alpha value is -1.60. The summed E-state index contributed by atoms with van der Waals surface area (Å²) in [7, 11) is 0. The Kier molecular flexibility index (Phi) is 53.8. The standard InChI is InChI=1S/C80H182N40/c1-19-90-39-58-110(59-40-91-20-2-81-1)77-78(111-60-41-92-21-3-82-4-22-93-42-61-111,112-62-43-94-23-5-83-6-24-95-44-63-112)120(118-74-55-106-35-17-89-18-36-107-56-75-118)80(115-68-49-100-29-11-86-12-30-101-50-69-115,116-70-51-102-31-13-87-14-32-103-52-71-116)79(113-64-45-96-25-7-84-8-26-97-46-65-113,114-66-47-98-27-9-85-10-28-99-48-67-114)119(76-57-108-37-38-109-77)117-72-53-104-33-15-88-16-34-105-54-73-117/h77,81-109H,1-76H2. The topological polar surface area (TPSA) is 385 Å². The van der Waals surface area contributed by atoms with Crippen LogP contribution in [0.4, 0.5) is 0 Å². The third-order valence-electron chi connectivity index (χ3n) is 25.3. The second-order valence-corrected chi connectivity index (χ2v) is 33.6. The van der Waals surface area contributed by atoms with Crippen molar-refractivity contribution in [2.45, 2.75) is 23.5 Å². The number of hydrazine groups is 2. The van der Waals surface area contributed by atoms with Crippen LogP contribution in [0, 0.1) is 0 Å². The molecule has 120 heavy (non-hydrogen) atoms. The van der Waals surface area contributed by atoms with Crippen molar-refractivity contribution < 1.29 is 0 Å². The van der Waals surface area contributed by atoms with Crippen molar-refractivity contribution >= 4 is 0 Å². The van der Waals surface area contributed by atoms with Gasteiger partial charge in [-0.15, -0.1) is 0 Å². The van der Waals surface area contributed by atoms with Crippen molar-refractivity contribution in [1.82, 2.24) is 209 Å². The predicted octanol–water partition coefficient (Wildman–Crippen LogP) is -15.3. The van der Waals surface area contributed by atoms with E-state index in [2.05, 4.69) is 203 Å². The van der Waals surface area contributed by atoms with Crippen molar-refractivity contribution in [2.75, 3.05) is 497 Å². The van der Waals surface area contributed by atoms with Gasteiger partial charge >= 0.3 is 0 Å². The van der Waals surface area contributed by atoms with Crippen LogP contribution in [-0.2, 0) is 0 Å². The van der Waals surface area contributed by atoms with Crippen LogP contribution in [-0.4, -0.2) is 575 Å². The molecule has 40 nitrogen and oxygen atoms in total. The van der Waals surface area contributed by atoms with Crippen molar-refractivity contribution in [3.8, 4) is 0 Å². The predicted molar refractivity (Wildman–Crippen MR) is 493 cm³/mol. The van der Waals surface area contributed by atoms with Gasteiger partial charge in [0.2, 0.25) is 0 Å². The first-order valence-corrected chi connectivity index (χ1v) is 48.7. The molecule has 40 heteroatoms. The highest BCUT2D eigenvalue weighted by molar-refractivity contribution is 5.18. The maximum atomic E-state index is 4.94. The SMILES string of the molecule is C1CNCCN(C2NCCNCCN(N3CCNCCNCCNCC3)C(N3CCNCCNCCNCC3)(N3CCNCCNCCNCC3)C(N3CCNCCNCCNCC3)(N3CCNCCNCCNCC3)N(N3CCNCCNCCNCC3)C2(N2CCNCCNCCNCC2)N2CCNCCNCCNCC2)CCNCCN1. The monoisotopic (exact) mass is 1700 g/mol. The lowest BCUT2D eigenvalue weighted by Crippen LogP contribution is -3.00. The molecule has 29 N–H and O–H groups in total. The number of hydrogen-bond donors (Lipinski definition) is 29. The van der Waals surface area contributed by atoms with Crippen LogP contribution in [0.25, 0.3) is 0 Å². The van der Waals surface area contributed by atoms with E-state index in [9.17, 15) is 0 Å². The summed E-state index contributed by atoms with van der Waals surface area (Å²) in [6.45, 7) is 62.5. The molecule has 0 bridgehead atoms. The molecule has 0 aromatic rings. The lowest BCUT2D eigenvalue weighted by atomic mass is 9.91. The van der Waals surface area contributed by atoms with Gasteiger partial charge in [-0.1, -0.05) is 0 Å². The van der Waals surface area contributed by atoms with Crippen molar-refractivity contribution in [2.24, 2.45) is 0 Å². The molecule has 0 amide bonds. The van der Waals surface area contributed by atoms with E-state index in [1.807, 2.05) is 0 Å². The minimum Gasteiger partial charge on any atom is -0.314 e. The smallest absolute Gasteiger partial charge is 0.196 e. The van der Waals surface area contributed by atoms with Crippen LogP contribution >= 0.6 is 0 Å². The second-order valence-electron chi connectivity index (χ2n) is 33.6. The first-order valence-electron chi connectivity index (χ1n) is 48.7. The Morgan fingerprint density at radius 2 is 0.308 bits per heavy atom. The minimum atomic E-state index is -1.29. The third kappa shape index (κ3) is 33.7. The van der Waals surface area contributed by atoms with E-state index < -0.39 is 17.4 Å². The number of nitrogens with zero attached hydrogens (tertiary/aromatic N) is 11. The van der Waals surface area contributed by atoms with Gasteiger partial charge in [-0.25, -0.2) is 15.0 Å². The molecular weight excluding hydrogens is 1520 g/mol. The Morgan fingerprint density at radius 1 is 0.142 bits per heavy atom. The average molecular weight is 1700 g/mol. The Morgan fingerprint density at radius 3 is 0.542 bits per heavy atom. The van der Waals surface area contributed by atoms with E-state index in [-0.39, 0.29) is 6.17 Å². The molecule has 10 saturated heterocycles. The van der Waals surface area contributed by atoms with Crippen LogP contribution in [0.5, 0.6) is 0 Å². The highest BCUT2D eigenvalue weighted by atomic mass is 15.9. The fraction of sp³-hybridized carbons (Fsp3) is 1.00. The van der Waals surface area contributed by atoms with Crippen molar-refractivity contribution in [1.29, 1.82) is 0 Å². The molecule has 10 aliphatic heterocycles. The molecule has 0 saturated carbocycles. The van der Waals surface area contributed by atoms with Gasteiger partial charge in [0, 0.05) is 497 Å². The van der Waals surface area contributed by atoms with E-state index in [1.54, 1.807) is 0 Å². The quantitative estimate of drug-likeness (QED) is 0.102. The summed E-state index contributed by atoms with van der Waals surface area (Å²) in [5.41, 5.74) is 0. The summed E-state index contributed by atoms with van der Waals surface area (Å²) < 4.78 is 0. The summed E-state index contributed by atoms with van der Waals surface area (Å²) in [6, 6.07) is 0. The molecule has 702 valence electrons. The molecule has 1 atom stereocenters. The molecule has 1 unspecified atom stereocenters. The van der Waals surface area contributed by atoms with Crippen LogP contribution in [0.2, 0.25) is 0 Å². The third-order valence-corrected chi connectivity index (χ3v) is 25.3. The van der Waals surface area contributed by atoms with Crippen LogP contribution in [0.3, 0.4) is 0 Å². The maximum absolute atomic E-state index is 4.94. The van der Waals surface area contributed by atoms with Gasteiger partial charge in [0.15, 0.2) is 17.4 Å². The van der Waals surface area contributed by atoms with Crippen molar-refractivity contribution in [3.05, 3.63) is 0 Å². The molecule has 0 aromatic carbocycles. The lowest BCUT2D eigenvalue weighted by Gasteiger charge is -2.77. The van der Waals surface area contributed by atoms with Gasteiger partial charge in [-0.2, -0.15) is 5.01 Å². The Labute approximate surface area is 726 Å². The highest BCUT2D eigenvalue weighted by Gasteiger charge is 2.76. The fourth-order valence-corrected chi connectivity index (χ4v) is 19.3. The molecule has 10 heterocycles. The minimum absolute atomic E-state index is 0.387. The highest BCUT2D eigenvalue weighted by Crippen LogP contribution is 2.52. The van der Waals surface area contributed by atoms with E-state index in [1.165, 1.54) is 0 Å². The summed E-state index contributed by atoms with van der Waals surface area (Å²) in [5, 5.41) is 133. The zero-order chi connectivity index (χ0) is 82.7. The summed E-state index contributed by atoms with van der Waals surface area (Å²) in [6.07, 6.45) is -0.387. The maximum Gasteiger partial charge on any atom is 0.196 e. The molecule has 10 rings (SSSR count). The lowest BCUT2D eigenvalue weighted by molar-refractivity contribution is -0.446. The van der Waals surface area contributed by atoms with Crippen LogP contribution in [0.1, 0.15) is 0 Å². The largest absolute Gasteiger partial charge is 0.314 e. The second kappa shape index (κ2) is 64.2. The van der Waals surface area contributed by atoms with Crippen LogP contribution in [0.15, 0.2) is 0 Å². The molecular formula is C80H182N40. The number of rotatable bonds is 9. The number of nitrogens with one attached hydrogen (secondary N) is 29. The van der Waals surface area contributed by atoms with E-state index in [0.29, 0.717) is 6.54 Å². The fourth-order valence-electron chi connectivity index (χ4n) is 19.3. The first-order chi connectivity index (χ1) is 59.8. The Bertz CT molecular complexity index is 2230. The van der Waals surface area contributed by atoms with Gasteiger partial charge in [0.1, 0.15) is 6.17 Å². The number of hydrogen-bond acceptors (Lipinski definition) is 40. The molecule has 0 radical (unpaired) electrons. The van der Waals surface area contributed by atoms with Gasteiger partial charge in [-0.05, 0) is 0 Å². The van der Waals surface area contributed by atoms with E-state index >= 15 is 0 Å². The molecule has 0 spiro atoms. The summed E-state index contributed by atoms with van der Waals surface area (Å²) in [4.78, 5) is 22.2. The van der Waals surface area contributed by atoms with Gasteiger partial charge in [-0.3, -0.25) is 39.6 Å². The average Bonchev–Trinajstić information content (AvgIpc) is 0.664. The normalized spacial score (nSPS) is 29.2. The van der Waals surface area contributed by atoms with E-state index in [4.69, 9.17) is 5.32 Å². The van der Waals surface area contributed by atoms with Gasteiger partial charge in [0.05, 0.1) is 0 Å². The molecule has 10 fully saturated rings. The van der Waals surface area contributed by atoms with Gasteiger partial charge < -0.3 is 149 Å². The van der Waals surface area contributed by atoms with E-state index in [0.717, 1.165) is 491 Å². The zero-order valence-corrected chi connectivity index (χ0v) is 75.2. The van der Waals surface area contributed by atoms with Gasteiger partial charge in [0.25, 0.3) is 0 Å².